The number of nitrogens with zero attached hydrogens (tertiary/aromatic N) is 2. The zero-order valence-corrected chi connectivity index (χ0v) is 13.2. The van der Waals surface area contributed by atoms with Crippen LogP contribution in [0.1, 0.15) is 51.3 Å². The molecule has 2 heterocycles. The summed E-state index contributed by atoms with van der Waals surface area (Å²) in [4.78, 5) is 0. The molecule has 1 aromatic rings. The van der Waals surface area contributed by atoms with Crippen molar-refractivity contribution in [2.75, 3.05) is 11.5 Å². The number of nitrogens with one attached hydrogen (secondary N) is 1. The van der Waals surface area contributed by atoms with E-state index in [9.17, 15) is 8.42 Å². The monoisotopic (exact) mass is 299 g/mol. The Bertz CT molecular complexity index is 520. The maximum atomic E-state index is 11.6. The van der Waals surface area contributed by atoms with Gasteiger partial charge in [0.1, 0.15) is 0 Å². The van der Waals surface area contributed by atoms with Gasteiger partial charge < -0.3 is 5.32 Å². The average Bonchev–Trinajstić information content (AvgIpc) is 2.86. The van der Waals surface area contributed by atoms with E-state index in [2.05, 4.69) is 24.3 Å². The van der Waals surface area contributed by atoms with E-state index in [1.807, 2.05) is 16.9 Å². The molecule has 0 radical (unpaired) electrons. The van der Waals surface area contributed by atoms with Gasteiger partial charge in [-0.2, -0.15) is 5.10 Å². The summed E-state index contributed by atoms with van der Waals surface area (Å²) in [5, 5.41) is 7.90. The first-order chi connectivity index (χ1) is 9.54. The summed E-state index contributed by atoms with van der Waals surface area (Å²) >= 11 is 0. The van der Waals surface area contributed by atoms with Gasteiger partial charge >= 0.3 is 0 Å². The van der Waals surface area contributed by atoms with Gasteiger partial charge in [0.05, 0.1) is 23.2 Å². The van der Waals surface area contributed by atoms with Crippen LogP contribution in [0.15, 0.2) is 12.3 Å². The third kappa shape index (κ3) is 4.06. The summed E-state index contributed by atoms with van der Waals surface area (Å²) in [6.07, 6.45) is 5.87. The molecule has 1 aliphatic rings. The minimum atomic E-state index is -2.84. The number of hydrogen-bond acceptors (Lipinski definition) is 4. The molecule has 5 nitrogen and oxygen atoms in total. The van der Waals surface area contributed by atoms with Crippen LogP contribution in [0.5, 0.6) is 0 Å². The van der Waals surface area contributed by atoms with Crippen LogP contribution in [0.3, 0.4) is 0 Å². The fraction of sp³-hybridized carbons (Fsp3) is 0.786. The van der Waals surface area contributed by atoms with E-state index in [1.165, 1.54) is 0 Å². The molecule has 1 N–H and O–H groups in total. The van der Waals surface area contributed by atoms with Crippen molar-refractivity contribution in [1.82, 2.24) is 15.1 Å². The Kier molecular flexibility index (Phi) is 5.21. The van der Waals surface area contributed by atoms with E-state index in [0.717, 1.165) is 31.4 Å². The fourth-order valence-electron chi connectivity index (χ4n) is 2.77. The summed E-state index contributed by atoms with van der Waals surface area (Å²) in [5.74, 6) is 0.606. The van der Waals surface area contributed by atoms with E-state index in [4.69, 9.17) is 0 Å². The number of sulfone groups is 1. The first-order valence-corrected chi connectivity index (χ1v) is 9.34. The Balaban J connectivity index is 1.88. The molecule has 0 spiro atoms. The number of hydrogen-bond donors (Lipinski definition) is 1. The second kappa shape index (κ2) is 6.72. The largest absolute Gasteiger partial charge is 0.307 e. The molecular formula is C14H25N3O2S. The molecule has 0 aliphatic carbocycles. The molecule has 1 aliphatic heterocycles. The molecule has 0 saturated carbocycles. The molecule has 1 saturated heterocycles. The van der Waals surface area contributed by atoms with Crippen molar-refractivity contribution < 1.29 is 8.42 Å². The third-order valence-corrected chi connectivity index (χ3v) is 5.84. The van der Waals surface area contributed by atoms with Crippen molar-refractivity contribution in [2.45, 2.75) is 58.2 Å². The first kappa shape index (κ1) is 15.5. The molecule has 0 bridgehead atoms. The van der Waals surface area contributed by atoms with E-state index in [1.54, 1.807) is 0 Å². The highest BCUT2D eigenvalue weighted by atomic mass is 32.2. The predicted octanol–water partition coefficient (Wildman–Crippen LogP) is 1.91. The molecule has 1 atom stereocenters. The van der Waals surface area contributed by atoms with E-state index in [-0.39, 0.29) is 11.8 Å². The van der Waals surface area contributed by atoms with Crippen molar-refractivity contribution in [3.05, 3.63) is 18.0 Å². The summed E-state index contributed by atoms with van der Waals surface area (Å²) < 4.78 is 25.2. The second-order valence-electron chi connectivity index (χ2n) is 5.59. The molecule has 0 aromatic carbocycles. The summed E-state index contributed by atoms with van der Waals surface area (Å²) in [5.41, 5.74) is 0.986. The molecule has 1 fully saturated rings. The van der Waals surface area contributed by atoms with Crippen LogP contribution in [0.25, 0.3) is 0 Å². The topological polar surface area (TPSA) is 64.0 Å². The molecule has 114 valence electrons. The third-order valence-electron chi connectivity index (χ3n) is 4.02. The van der Waals surface area contributed by atoms with Crippen LogP contribution < -0.4 is 5.32 Å². The van der Waals surface area contributed by atoms with Crippen molar-refractivity contribution in [2.24, 2.45) is 0 Å². The van der Waals surface area contributed by atoms with Gasteiger partial charge in [-0.3, -0.25) is 4.68 Å². The fourth-order valence-corrected chi connectivity index (χ4v) is 4.44. The Morgan fingerprint density at radius 2 is 2.20 bits per heavy atom. The lowest BCUT2D eigenvalue weighted by Gasteiger charge is -2.22. The van der Waals surface area contributed by atoms with Gasteiger partial charge in [-0.05, 0) is 31.7 Å². The highest BCUT2D eigenvalue weighted by Gasteiger charge is 2.24. The maximum absolute atomic E-state index is 11.6. The Morgan fingerprint density at radius 3 is 2.85 bits per heavy atom. The van der Waals surface area contributed by atoms with Crippen molar-refractivity contribution in [1.29, 1.82) is 0 Å². The minimum Gasteiger partial charge on any atom is -0.307 e. The molecule has 2 rings (SSSR count). The van der Waals surface area contributed by atoms with Crippen LogP contribution in [0.4, 0.5) is 0 Å². The van der Waals surface area contributed by atoms with E-state index in [0.29, 0.717) is 18.3 Å². The van der Waals surface area contributed by atoms with Gasteiger partial charge in [-0.1, -0.05) is 13.8 Å². The SMILES string of the molecule is CCC(CC)n1ccc(CNC2CCCS(=O)(=O)C2)n1. The van der Waals surface area contributed by atoms with E-state index < -0.39 is 9.84 Å². The summed E-state index contributed by atoms with van der Waals surface area (Å²) in [6.45, 7) is 4.98. The van der Waals surface area contributed by atoms with Gasteiger partial charge in [0, 0.05) is 18.8 Å². The lowest BCUT2D eigenvalue weighted by molar-refractivity contribution is 0.420. The van der Waals surface area contributed by atoms with Crippen LogP contribution >= 0.6 is 0 Å². The van der Waals surface area contributed by atoms with Crippen molar-refractivity contribution in [3.8, 4) is 0 Å². The number of aromatic nitrogens is 2. The van der Waals surface area contributed by atoms with Crippen molar-refractivity contribution >= 4 is 9.84 Å². The number of rotatable bonds is 6. The first-order valence-electron chi connectivity index (χ1n) is 7.52. The zero-order chi connectivity index (χ0) is 14.6. The molecule has 6 heteroatoms. The van der Waals surface area contributed by atoms with E-state index >= 15 is 0 Å². The Morgan fingerprint density at radius 1 is 1.45 bits per heavy atom. The lowest BCUT2D eigenvalue weighted by Crippen LogP contribution is -2.39. The van der Waals surface area contributed by atoms with Gasteiger partial charge in [0.2, 0.25) is 0 Å². The Hall–Kier alpha value is -0.880. The normalized spacial score (nSPS) is 22.2. The molecule has 1 aromatic heterocycles. The lowest BCUT2D eigenvalue weighted by atomic mass is 10.2. The smallest absolute Gasteiger partial charge is 0.151 e. The van der Waals surface area contributed by atoms with Crippen LogP contribution in [0, 0.1) is 0 Å². The van der Waals surface area contributed by atoms with Gasteiger partial charge in [0.25, 0.3) is 0 Å². The standard InChI is InChI=1S/C14H25N3O2S/c1-3-14(4-2)17-8-7-12(16-17)10-15-13-6-5-9-20(18,19)11-13/h7-8,13-15H,3-6,9-11H2,1-2H3. The predicted molar refractivity (Wildman–Crippen MR) is 80.4 cm³/mol. The van der Waals surface area contributed by atoms with Gasteiger partial charge in [-0.25, -0.2) is 8.42 Å². The molecule has 0 amide bonds. The van der Waals surface area contributed by atoms with Crippen LogP contribution in [-0.4, -0.2) is 35.7 Å². The second-order valence-corrected chi connectivity index (χ2v) is 7.82. The average molecular weight is 299 g/mol. The van der Waals surface area contributed by atoms with Crippen LogP contribution in [0.2, 0.25) is 0 Å². The molecular weight excluding hydrogens is 274 g/mol. The minimum absolute atomic E-state index is 0.0760. The quantitative estimate of drug-likeness (QED) is 0.871. The summed E-state index contributed by atoms with van der Waals surface area (Å²) in [7, 11) is -2.84. The maximum Gasteiger partial charge on any atom is 0.151 e. The van der Waals surface area contributed by atoms with Crippen molar-refractivity contribution in [3.63, 3.8) is 0 Å². The highest BCUT2D eigenvalue weighted by Crippen LogP contribution is 2.15. The summed E-state index contributed by atoms with van der Waals surface area (Å²) in [6, 6.07) is 2.55. The van der Waals surface area contributed by atoms with Crippen LogP contribution in [-0.2, 0) is 16.4 Å². The van der Waals surface area contributed by atoms with Gasteiger partial charge in [-0.15, -0.1) is 0 Å². The molecule has 1 unspecified atom stereocenters. The highest BCUT2D eigenvalue weighted by molar-refractivity contribution is 7.91. The van der Waals surface area contributed by atoms with Gasteiger partial charge in [0.15, 0.2) is 9.84 Å². The molecule has 20 heavy (non-hydrogen) atoms. The Labute approximate surface area is 121 Å². The zero-order valence-electron chi connectivity index (χ0n) is 12.4.